The number of rotatable bonds is 4. The zero-order valence-corrected chi connectivity index (χ0v) is 13.4. The molecule has 1 amide bonds. The molecule has 1 aromatic carbocycles. The summed E-state index contributed by atoms with van der Waals surface area (Å²) in [5.41, 5.74) is 6.03. The number of alkyl carbamates (subject to hydrolysis) is 1. The van der Waals surface area contributed by atoms with Crippen molar-refractivity contribution in [2.75, 3.05) is 13.1 Å². The maximum atomic E-state index is 11.6. The molecule has 4 nitrogen and oxygen atoms in total. The van der Waals surface area contributed by atoms with Crippen molar-refractivity contribution in [2.45, 2.75) is 32.3 Å². The predicted octanol–water partition coefficient (Wildman–Crippen LogP) is 3.56. The Morgan fingerprint density at radius 1 is 1.40 bits per heavy atom. The minimum atomic E-state index is -0.532. The van der Waals surface area contributed by atoms with Crippen LogP contribution in [0.25, 0.3) is 0 Å². The van der Waals surface area contributed by atoms with Crippen molar-refractivity contribution in [1.29, 1.82) is 0 Å². The molecule has 0 saturated heterocycles. The van der Waals surface area contributed by atoms with Gasteiger partial charge in [-0.3, -0.25) is 0 Å². The highest BCUT2D eigenvalue weighted by Crippen LogP contribution is 2.27. The predicted molar refractivity (Wildman–Crippen MR) is 82.5 cm³/mol. The van der Waals surface area contributed by atoms with E-state index in [0.29, 0.717) is 23.1 Å². The highest BCUT2D eigenvalue weighted by Gasteiger charge is 2.19. The molecule has 20 heavy (non-hydrogen) atoms. The third kappa shape index (κ3) is 5.57. The molecule has 3 N–H and O–H groups in total. The SMILES string of the molecule is CC(C)(C)OC(=O)NCC(CN)c1cc(Cl)ccc1Cl. The highest BCUT2D eigenvalue weighted by molar-refractivity contribution is 6.33. The first-order valence-electron chi connectivity index (χ1n) is 6.35. The summed E-state index contributed by atoms with van der Waals surface area (Å²) < 4.78 is 5.17. The molecular weight excluding hydrogens is 299 g/mol. The van der Waals surface area contributed by atoms with Crippen LogP contribution in [0.1, 0.15) is 32.3 Å². The van der Waals surface area contributed by atoms with Gasteiger partial charge in [0.15, 0.2) is 0 Å². The molecule has 0 fully saturated rings. The van der Waals surface area contributed by atoms with E-state index in [2.05, 4.69) is 5.32 Å². The van der Waals surface area contributed by atoms with Gasteiger partial charge in [-0.2, -0.15) is 0 Å². The molecule has 0 aliphatic rings. The maximum absolute atomic E-state index is 11.6. The van der Waals surface area contributed by atoms with E-state index < -0.39 is 11.7 Å². The van der Waals surface area contributed by atoms with Crippen molar-refractivity contribution in [2.24, 2.45) is 5.73 Å². The minimum absolute atomic E-state index is 0.117. The average Bonchev–Trinajstić information content (AvgIpc) is 2.32. The van der Waals surface area contributed by atoms with Crippen LogP contribution in [0.15, 0.2) is 18.2 Å². The molecule has 0 radical (unpaired) electrons. The fourth-order valence-electron chi connectivity index (χ4n) is 1.67. The molecule has 1 aromatic rings. The molecule has 0 spiro atoms. The first-order valence-corrected chi connectivity index (χ1v) is 7.10. The van der Waals surface area contributed by atoms with E-state index in [1.807, 2.05) is 0 Å². The Morgan fingerprint density at radius 3 is 2.60 bits per heavy atom. The number of nitrogens with one attached hydrogen (secondary N) is 1. The molecule has 1 rings (SSSR count). The second kappa shape index (κ2) is 7.16. The molecule has 6 heteroatoms. The Balaban J connectivity index is 2.68. The van der Waals surface area contributed by atoms with E-state index in [0.717, 1.165) is 5.56 Å². The lowest BCUT2D eigenvalue weighted by Crippen LogP contribution is -2.36. The van der Waals surface area contributed by atoms with E-state index in [-0.39, 0.29) is 5.92 Å². The normalized spacial score (nSPS) is 12.9. The summed E-state index contributed by atoms with van der Waals surface area (Å²) in [6.07, 6.45) is -0.478. The first kappa shape index (κ1) is 17.1. The van der Waals surface area contributed by atoms with Crippen molar-refractivity contribution in [3.05, 3.63) is 33.8 Å². The topological polar surface area (TPSA) is 64.3 Å². The summed E-state index contributed by atoms with van der Waals surface area (Å²) in [4.78, 5) is 11.6. The molecular formula is C14H20Cl2N2O2. The third-order valence-electron chi connectivity index (χ3n) is 2.57. The molecule has 0 saturated carbocycles. The number of carbonyl (C=O) groups is 1. The number of halogens is 2. The van der Waals surface area contributed by atoms with Gasteiger partial charge in [-0.1, -0.05) is 23.2 Å². The van der Waals surface area contributed by atoms with E-state index in [9.17, 15) is 4.79 Å². The van der Waals surface area contributed by atoms with E-state index in [1.165, 1.54) is 0 Å². The van der Waals surface area contributed by atoms with Gasteiger partial charge < -0.3 is 15.8 Å². The Hall–Kier alpha value is -0.970. The summed E-state index contributed by atoms with van der Waals surface area (Å²) in [6, 6.07) is 5.19. The van der Waals surface area contributed by atoms with Gasteiger partial charge in [0.2, 0.25) is 0 Å². The van der Waals surface area contributed by atoms with Gasteiger partial charge in [-0.05, 0) is 44.5 Å². The number of hydrogen-bond donors (Lipinski definition) is 2. The second-order valence-corrected chi connectivity index (χ2v) is 6.32. The van der Waals surface area contributed by atoms with Crippen LogP contribution in [0.5, 0.6) is 0 Å². The zero-order chi connectivity index (χ0) is 15.3. The van der Waals surface area contributed by atoms with Gasteiger partial charge in [0.05, 0.1) is 0 Å². The fraction of sp³-hybridized carbons (Fsp3) is 0.500. The lowest BCUT2D eigenvalue weighted by atomic mass is 9.99. The molecule has 0 aliphatic carbocycles. The second-order valence-electron chi connectivity index (χ2n) is 5.48. The molecule has 1 unspecified atom stereocenters. The van der Waals surface area contributed by atoms with Crippen LogP contribution in [-0.2, 0) is 4.74 Å². The van der Waals surface area contributed by atoms with Gasteiger partial charge in [0.25, 0.3) is 0 Å². The van der Waals surface area contributed by atoms with Crippen LogP contribution >= 0.6 is 23.2 Å². The van der Waals surface area contributed by atoms with E-state index in [1.54, 1.807) is 39.0 Å². The number of nitrogens with two attached hydrogens (primary N) is 1. The first-order chi connectivity index (χ1) is 9.23. The molecule has 0 aromatic heterocycles. The summed E-state index contributed by atoms with van der Waals surface area (Å²) in [5, 5.41) is 3.86. The maximum Gasteiger partial charge on any atom is 0.407 e. The van der Waals surface area contributed by atoms with Crippen molar-refractivity contribution in [1.82, 2.24) is 5.32 Å². The summed E-state index contributed by atoms with van der Waals surface area (Å²) in [6.45, 7) is 6.10. The van der Waals surface area contributed by atoms with E-state index in [4.69, 9.17) is 33.7 Å². The Bertz CT molecular complexity index is 473. The largest absolute Gasteiger partial charge is 0.444 e. The van der Waals surface area contributed by atoms with Crippen LogP contribution in [-0.4, -0.2) is 24.8 Å². The van der Waals surface area contributed by atoms with Gasteiger partial charge >= 0.3 is 6.09 Å². The number of ether oxygens (including phenoxy) is 1. The summed E-state index contributed by atoms with van der Waals surface area (Å²) in [5.74, 6) is -0.117. The zero-order valence-electron chi connectivity index (χ0n) is 11.9. The van der Waals surface area contributed by atoms with Crippen molar-refractivity contribution < 1.29 is 9.53 Å². The smallest absolute Gasteiger partial charge is 0.407 e. The van der Waals surface area contributed by atoms with Crippen LogP contribution in [0.2, 0.25) is 10.0 Å². The van der Waals surface area contributed by atoms with Crippen molar-refractivity contribution >= 4 is 29.3 Å². The van der Waals surface area contributed by atoms with Gasteiger partial charge in [0, 0.05) is 29.1 Å². The number of carbonyl (C=O) groups excluding carboxylic acids is 1. The minimum Gasteiger partial charge on any atom is -0.444 e. The lowest BCUT2D eigenvalue weighted by Gasteiger charge is -2.22. The lowest BCUT2D eigenvalue weighted by molar-refractivity contribution is 0.0525. The number of hydrogen-bond acceptors (Lipinski definition) is 3. The molecule has 112 valence electrons. The van der Waals surface area contributed by atoms with Gasteiger partial charge in [-0.25, -0.2) is 4.79 Å². The monoisotopic (exact) mass is 318 g/mol. The van der Waals surface area contributed by atoms with Crippen molar-refractivity contribution in [3.8, 4) is 0 Å². The standard InChI is InChI=1S/C14H20Cl2N2O2/c1-14(2,3)20-13(19)18-8-9(7-17)11-6-10(15)4-5-12(11)16/h4-6,9H,7-8,17H2,1-3H3,(H,18,19). The molecule has 0 aliphatic heterocycles. The summed E-state index contributed by atoms with van der Waals surface area (Å²) >= 11 is 12.1. The van der Waals surface area contributed by atoms with E-state index >= 15 is 0 Å². The Kier molecular flexibility index (Phi) is 6.11. The summed E-state index contributed by atoms with van der Waals surface area (Å²) in [7, 11) is 0. The van der Waals surface area contributed by atoms with Gasteiger partial charge in [0.1, 0.15) is 5.60 Å². The van der Waals surface area contributed by atoms with Crippen LogP contribution in [0.3, 0.4) is 0 Å². The third-order valence-corrected chi connectivity index (χ3v) is 3.15. The van der Waals surface area contributed by atoms with Crippen LogP contribution in [0, 0.1) is 0 Å². The Morgan fingerprint density at radius 2 is 2.05 bits per heavy atom. The Labute approximate surface area is 129 Å². The highest BCUT2D eigenvalue weighted by atomic mass is 35.5. The van der Waals surface area contributed by atoms with Crippen LogP contribution < -0.4 is 11.1 Å². The molecule has 0 heterocycles. The molecule has 0 bridgehead atoms. The quantitative estimate of drug-likeness (QED) is 0.892. The average molecular weight is 319 g/mol. The van der Waals surface area contributed by atoms with Gasteiger partial charge in [-0.15, -0.1) is 0 Å². The van der Waals surface area contributed by atoms with Crippen LogP contribution in [0.4, 0.5) is 4.79 Å². The molecule has 1 atom stereocenters. The fourth-order valence-corrected chi connectivity index (χ4v) is 2.12. The number of amides is 1. The van der Waals surface area contributed by atoms with Crippen molar-refractivity contribution in [3.63, 3.8) is 0 Å². The number of benzene rings is 1.